The number of hydrogen-bond acceptors (Lipinski definition) is 4. The predicted molar refractivity (Wildman–Crippen MR) is 103 cm³/mol. The van der Waals surface area contributed by atoms with Crippen molar-refractivity contribution < 1.29 is 14.4 Å². The van der Waals surface area contributed by atoms with Crippen LogP contribution < -0.4 is 10.6 Å². The molecule has 0 spiro atoms. The molecule has 1 saturated heterocycles. The third-order valence-corrected chi connectivity index (χ3v) is 4.65. The van der Waals surface area contributed by atoms with Crippen molar-refractivity contribution >= 4 is 17.8 Å². The van der Waals surface area contributed by atoms with Crippen LogP contribution in [0.25, 0.3) is 0 Å². The maximum absolute atomic E-state index is 12.1. The van der Waals surface area contributed by atoms with E-state index < -0.39 is 11.6 Å². The molecule has 1 aliphatic rings. The van der Waals surface area contributed by atoms with Crippen LogP contribution in [0.15, 0.2) is 42.7 Å². The molecule has 1 aliphatic heterocycles. The van der Waals surface area contributed by atoms with E-state index in [0.29, 0.717) is 19.5 Å². The first kappa shape index (κ1) is 19.6. The number of carbonyl (C=O) groups is 3. The molecule has 148 valence electrons. The van der Waals surface area contributed by atoms with E-state index in [9.17, 15) is 14.4 Å². The molecule has 0 bridgehead atoms. The quantitative estimate of drug-likeness (QED) is 0.678. The number of hydrogen-bond donors (Lipinski definition) is 2. The van der Waals surface area contributed by atoms with Crippen molar-refractivity contribution in [1.82, 2.24) is 25.3 Å². The molecule has 8 heteroatoms. The molecular formula is C20H25N5O3. The molecule has 4 amide bonds. The van der Waals surface area contributed by atoms with Gasteiger partial charge in [-0.05, 0) is 37.5 Å². The SMILES string of the molecule is CC1(C)NC(=O)N(CCCC(=O)NCc2ccc(Cn3cccn3)cc2)C1=O. The first-order valence-electron chi connectivity index (χ1n) is 9.31. The minimum atomic E-state index is -0.872. The Bertz CT molecular complexity index is 843. The summed E-state index contributed by atoms with van der Waals surface area (Å²) in [6, 6.07) is 9.48. The number of urea groups is 1. The number of nitrogens with zero attached hydrogens (tertiary/aromatic N) is 3. The molecule has 3 rings (SSSR count). The highest BCUT2D eigenvalue weighted by Gasteiger charge is 2.43. The lowest BCUT2D eigenvalue weighted by atomic mass is 10.1. The van der Waals surface area contributed by atoms with Crippen LogP contribution in [0.5, 0.6) is 0 Å². The van der Waals surface area contributed by atoms with Crippen LogP contribution in [-0.4, -0.2) is 44.6 Å². The Morgan fingerprint density at radius 2 is 1.89 bits per heavy atom. The fraction of sp³-hybridized carbons (Fsp3) is 0.400. The van der Waals surface area contributed by atoms with Gasteiger partial charge in [-0.2, -0.15) is 5.10 Å². The Morgan fingerprint density at radius 3 is 2.50 bits per heavy atom. The van der Waals surface area contributed by atoms with Gasteiger partial charge in [-0.1, -0.05) is 24.3 Å². The van der Waals surface area contributed by atoms with Gasteiger partial charge in [0.25, 0.3) is 5.91 Å². The largest absolute Gasteiger partial charge is 0.352 e. The van der Waals surface area contributed by atoms with Crippen LogP contribution in [0.4, 0.5) is 4.79 Å². The van der Waals surface area contributed by atoms with Gasteiger partial charge in [0.1, 0.15) is 5.54 Å². The highest BCUT2D eigenvalue weighted by Crippen LogP contribution is 2.17. The van der Waals surface area contributed by atoms with Crippen LogP contribution in [-0.2, 0) is 22.7 Å². The smallest absolute Gasteiger partial charge is 0.325 e. The average molecular weight is 383 g/mol. The fourth-order valence-electron chi connectivity index (χ4n) is 3.05. The van der Waals surface area contributed by atoms with Crippen LogP contribution in [0, 0.1) is 0 Å². The summed E-state index contributed by atoms with van der Waals surface area (Å²) >= 11 is 0. The molecule has 1 aromatic carbocycles. The second-order valence-corrected chi connectivity index (χ2v) is 7.41. The fourth-order valence-corrected chi connectivity index (χ4v) is 3.05. The number of imide groups is 1. The van der Waals surface area contributed by atoms with Gasteiger partial charge in [0, 0.05) is 31.9 Å². The van der Waals surface area contributed by atoms with Crippen LogP contribution in [0.2, 0.25) is 0 Å². The topological polar surface area (TPSA) is 96.3 Å². The highest BCUT2D eigenvalue weighted by atomic mass is 16.2. The molecule has 0 unspecified atom stereocenters. The molecule has 1 aromatic heterocycles. The molecule has 0 saturated carbocycles. The Morgan fingerprint density at radius 1 is 1.18 bits per heavy atom. The standard InChI is InChI=1S/C20H25N5O3/c1-20(2)18(27)25(19(28)23-20)12-3-5-17(26)21-13-15-6-8-16(9-7-15)14-24-11-4-10-22-24/h4,6-11H,3,5,12-14H2,1-2H3,(H,21,26)(H,23,28). The van der Waals surface area contributed by atoms with Crippen molar-refractivity contribution in [3.05, 3.63) is 53.9 Å². The maximum atomic E-state index is 12.1. The van der Waals surface area contributed by atoms with E-state index in [1.54, 1.807) is 20.0 Å². The van der Waals surface area contributed by atoms with Gasteiger partial charge >= 0.3 is 6.03 Å². The number of nitrogens with one attached hydrogen (secondary N) is 2. The third-order valence-electron chi connectivity index (χ3n) is 4.65. The summed E-state index contributed by atoms with van der Waals surface area (Å²) in [6.07, 6.45) is 4.35. The molecule has 0 atom stereocenters. The Kier molecular flexibility index (Phi) is 5.77. The minimum Gasteiger partial charge on any atom is -0.352 e. The molecule has 2 aromatic rings. The van der Waals surface area contributed by atoms with Crippen molar-refractivity contribution in [2.45, 2.75) is 45.3 Å². The first-order valence-corrected chi connectivity index (χ1v) is 9.31. The zero-order chi connectivity index (χ0) is 20.1. The molecule has 0 aliphatic carbocycles. The summed E-state index contributed by atoms with van der Waals surface area (Å²) in [5, 5.41) is 9.67. The molecule has 8 nitrogen and oxygen atoms in total. The lowest BCUT2D eigenvalue weighted by Gasteiger charge is -2.15. The number of carbonyl (C=O) groups excluding carboxylic acids is 3. The Hall–Kier alpha value is -3.16. The second-order valence-electron chi connectivity index (χ2n) is 7.41. The van der Waals surface area contributed by atoms with Gasteiger partial charge < -0.3 is 10.6 Å². The maximum Gasteiger partial charge on any atom is 0.325 e. The van der Waals surface area contributed by atoms with Crippen molar-refractivity contribution in [1.29, 1.82) is 0 Å². The summed E-state index contributed by atoms with van der Waals surface area (Å²) in [4.78, 5) is 37.1. The summed E-state index contributed by atoms with van der Waals surface area (Å²) in [5.74, 6) is -0.361. The van der Waals surface area contributed by atoms with E-state index in [2.05, 4.69) is 15.7 Å². The molecule has 1 fully saturated rings. The summed E-state index contributed by atoms with van der Waals surface area (Å²) in [5.41, 5.74) is 1.27. The van der Waals surface area contributed by atoms with E-state index in [0.717, 1.165) is 11.1 Å². The van der Waals surface area contributed by atoms with Gasteiger partial charge in [0.2, 0.25) is 5.91 Å². The summed E-state index contributed by atoms with van der Waals surface area (Å²) in [7, 11) is 0. The zero-order valence-electron chi connectivity index (χ0n) is 16.1. The van der Waals surface area contributed by atoms with Gasteiger partial charge in [0.15, 0.2) is 0 Å². The Balaban J connectivity index is 1.38. The summed E-state index contributed by atoms with van der Waals surface area (Å²) < 4.78 is 1.85. The van der Waals surface area contributed by atoms with Crippen molar-refractivity contribution in [2.24, 2.45) is 0 Å². The molecule has 0 radical (unpaired) electrons. The lowest BCUT2D eigenvalue weighted by Crippen LogP contribution is -2.40. The normalized spacial score (nSPS) is 15.6. The van der Waals surface area contributed by atoms with Crippen LogP contribution >= 0.6 is 0 Å². The third kappa shape index (κ3) is 4.76. The Labute approximate surface area is 163 Å². The highest BCUT2D eigenvalue weighted by molar-refractivity contribution is 6.06. The molecule has 2 heterocycles. The zero-order valence-corrected chi connectivity index (χ0v) is 16.1. The van der Waals surface area contributed by atoms with Crippen molar-refractivity contribution in [3.63, 3.8) is 0 Å². The first-order chi connectivity index (χ1) is 13.3. The molecular weight excluding hydrogens is 358 g/mol. The number of rotatable bonds is 8. The van der Waals surface area contributed by atoms with Gasteiger partial charge in [-0.15, -0.1) is 0 Å². The van der Waals surface area contributed by atoms with Crippen molar-refractivity contribution in [2.75, 3.05) is 6.54 Å². The summed E-state index contributed by atoms with van der Waals surface area (Å²) in [6.45, 7) is 4.72. The van der Waals surface area contributed by atoms with Crippen LogP contribution in [0.1, 0.15) is 37.8 Å². The second kappa shape index (κ2) is 8.24. The number of benzene rings is 1. The molecule has 2 N–H and O–H groups in total. The number of aromatic nitrogens is 2. The van der Waals surface area contributed by atoms with Crippen LogP contribution in [0.3, 0.4) is 0 Å². The van der Waals surface area contributed by atoms with E-state index in [4.69, 9.17) is 0 Å². The van der Waals surface area contributed by atoms with Gasteiger partial charge in [-0.25, -0.2) is 4.79 Å². The molecule has 28 heavy (non-hydrogen) atoms. The van der Waals surface area contributed by atoms with Gasteiger partial charge in [0.05, 0.1) is 6.54 Å². The van der Waals surface area contributed by atoms with Gasteiger partial charge in [-0.3, -0.25) is 19.2 Å². The minimum absolute atomic E-state index is 0.105. The lowest BCUT2D eigenvalue weighted by molar-refractivity contribution is -0.130. The predicted octanol–water partition coefficient (Wildman–Crippen LogP) is 1.66. The van der Waals surface area contributed by atoms with E-state index in [1.165, 1.54) is 4.90 Å². The van der Waals surface area contributed by atoms with E-state index in [-0.39, 0.29) is 24.8 Å². The average Bonchev–Trinajstić information content (AvgIpc) is 3.22. The van der Waals surface area contributed by atoms with Crippen molar-refractivity contribution in [3.8, 4) is 0 Å². The number of amides is 4. The van der Waals surface area contributed by atoms with E-state index >= 15 is 0 Å². The monoisotopic (exact) mass is 383 g/mol. The van der Waals surface area contributed by atoms with E-state index in [1.807, 2.05) is 41.2 Å².